The molecule has 1 nitrogen and oxygen atoms in total. The SMILES string of the molecule is CC(=O)c1ccc([C@@H]2C[C@@H]2c2ccc(Br)cc2)cc1. The molecular weight excluding hydrogens is 300 g/mol. The van der Waals surface area contributed by atoms with Crippen molar-refractivity contribution in [1.29, 1.82) is 0 Å². The Labute approximate surface area is 121 Å². The summed E-state index contributed by atoms with van der Waals surface area (Å²) >= 11 is 3.46. The van der Waals surface area contributed by atoms with Crippen molar-refractivity contribution in [3.63, 3.8) is 0 Å². The predicted octanol–water partition coefficient (Wildman–Crippen LogP) is 4.92. The fraction of sp³-hybridized carbons (Fsp3) is 0.235. The lowest BCUT2D eigenvalue weighted by Gasteiger charge is -2.03. The fourth-order valence-electron chi connectivity index (χ4n) is 2.61. The molecule has 2 aromatic rings. The molecule has 0 unspecified atom stereocenters. The summed E-state index contributed by atoms with van der Waals surface area (Å²) in [5.41, 5.74) is 3.55. The minimum absolute atomic E-state index is 0.131. The van der Waals surface area contributed by atoms with Crippen molar-refractivity contribution in [2.24, 2.45) is 0 Å². The summed E-state index contributed by atoms with van der Waals surface area (Å²) in [7, 11) is 0. The van der Waals surface area contributed by atoms with Crippen LogP contribution in [0, 0.1) is 0 Å². The van der Waals surface area contributed by atoms with Crippen molar-refractivity contribution in [3.8, 4) is 0 Å². The highest BCUT2D eigenvalue weighted by Gasteiger charge is 2.39. The average molecular weight is 315 g/mol. The van der Waals surface area contributed by atoms with Gasteiger partial charge < -0.3 is 0 Å². The van der Waals surface area contributed by atoms with Crippen molar-refractivity contribution in [3.05, 3.63) is 69.7 Å². The van der Waals surface area contributed by atoms with E-state index in [-0.39, 0.29) is 5.78 Å². The topological polar surface area (TPSA) is 17.1 Å². The number of halogens is 1. The summed E-state index contributed by atoms with van der Waals surface area (Å²) in [5, 5.41) is 0. The zero-order valence-electron chi connectivity index (χ0n) is 10.8. The highest BCUT2D eigenvalue weighted by molar-refractivity contribution is 9.10. The molecule has 0 amide bonds. The first-order chi connectivity index (χ1) is 9.15. The van der Waals surface area contributed by atoms with Crippen LogP contribution in [0.1, 0.15) is 46.7 Å². The van der Waals surface area contributed by atoms with Gasteiger partial charge in [-0.15, -0.1) is 0 Å². The number of benzene rings is 2. The van der Waals surface area contributed by atoms with E-state index in [9.17, 15) is 4.79 Å². The summed E-state index contributed by atoms with van der Waals surface area (Å²) in [5.74, 6) is 1.38. The number of hydrogen-bond acceptors (Lipinski definition) is 1. The monoisotopic (exact) mass is 314 g/mol. The molecule has 1 aliphatic carbocycles. The largest absolute Gasteiger partial charge is 0.295 e. The molecule has 0 bridgehead atoms. The molecule has 1 fully saturated rings. The number of carbonyl (C=O) groups is 1. The van der Waals surface area contributed by atoms with E-state index in [4.69, 9.17) is 0 Å². The number of rotatable bonds is 3. The lowest BCUT2D eigenvalue weighted by Crippen LogP contribution is -1.92. The standard InChI is InChI=1S/C17H15BrO/c1-11(19)12-2-4-13(5-3-12)16-10-17(16)14-6-8-15(18)9-7-14/h2-9,16-17H,10H2,1H3/t16-,17+/m0/s1. The van der Waals surface area contributed by atoms with Crippen LogP contribution >= 0.6 is 15.9 Å². The maximum absolute atomic E-state index is 11.3. The number of Topliss-reactive ketones (excluding diaryl/α,β-unsaturated/α-hetero) is 1. The fourth-order valence-corrected chi connectivity index (χ4v) is 2.87. The van der Waals surface area contributed by atoms with E-state index in [0.717, 1.165) is 10.0 Å². The van der Waals surface area contributed by atoms with Crippen molar-refractivity contribution >= 4 is 21.7 Å². The van der Waals surface area contributed by atoms with E-state index in [1.54, 1.807) is 6.92 Å². The van der Waals surface area contributed by atoms with Gasteiger partial charge in [-0.25, -0.2) is 0 Å². The average Bonchev–Trinajstić information content (AvgIpc) is 3.20. The summed E-state index contributed by atoms with van der Waals surface area (Å²) in [6.45, 7) is 1.61. The van der Waals surface area contributed by atoms with Crippen molar-refractivity contribution in [1.82, 2.24) is 0 Å². The third-order valence-corrected chi connectivity index (χ3v) is 4.36. The van der Waals surface area contributed by atoms with Crippen LogP contribution in [0.3, 0.4) is 0 Å². The van der Waals surface area contributed by atoms with E-state index in [2.05, 4.69) is 52.3 Å². The van der Waals surface area contributed by atoms with Crippen LogP contribution in [0.5, 0.6) is 0 Å². The van der Waals surface area contributed by atoms with Crippen LogP contribution in [0.4, 0.5) is 0 Å². The Morgan fingerprint density at radius 3 is 1.89 bits per heavy atom. The van der Waals surface area contributed by atoms with Crippen LogP contribution in [-0.2, 0) is 0 Å². The minimum Gasteiger partial charge on any atom is -0.295 e. The molecule has 1 aliphatic rings. The molecular formula is C17H15BrO. The van der Waals surface area contributed by atoms with Crippen molar-refractivity contribution < 1.29 is 4.79 Å². The highest BCUT2D eigenvalue weighted by Crippen LogP contribution is 2.54. The Bertz CT molecular complexity index is 598. The van der Waals surface area contributed by atoms with Gasteiger partial charge in [0.15, 0.2) is 5.78 Å². The Balaban J connectivity index is 1.75. The van der Waals surface area contributed by atoms with Gasteiger partial charge in [-0.3, -0.25) is 4.79 Å². The van der Waals surface area contributed by atoms with Crippen LogP contribution in [-0.4, -0.2) is 5.78 Å². The lowest BCUT2D eigenvalue weighted by molar-refractivity contribution is 0.101. The van der Waals surface area contributed by atoms with Gasteiger partial charge in [0.05, 0.1) is 0 Å². The molecule has 2 heteroatoms. The highest BCUT2D eigenvalue weighted by atomic mass is 79.9. The smallest absolute Gasteiger partial charge is 0.159 e. The van der Waals surface area contributed by atoms with Crippen LogP contribution in [0.25, 0.3) is 0 Å². The van der Waals surface area contributed by atoms with E-state index in [0.29, 0.717) is 11.8 Å². The van der Waals surface area contributed by atoms with Crippen molar-refractivity contribution in [2.45, 2.75) is 25.2 Å². The summed E-state index contributed by atoms with van der Waals surface area (Å²) < 4.78 is 1.12. The van der Waals surface area contributed by atoms with Gasteiger partial charge in [-0.05, 0) is 48.4 Å². The number of hydrogen-bond donors (Lipinski definition) is 0. The molecule has 19 heavy (non-hydrogen) atoms. The second-order valence-corrected chi connectivity index (χ2v) is 6.09. The van der Waals surface area contributed by atoms with Gasteiger partial charge in [-0.1, -0.05) is 52.3 Å². The zero-order chi connectivity index (χ0) is 13.4. The summed E-state index contributed by atoms with van der Waals surface area (Å²) in [6, 6.07) is 16.7. The van der Waals surface area contributed by atoms with E-state index < -0.39 is 0 Å². The van der Waals surface area contributed by atoms with E-state index >= 15 is 0 Å². The quantitative estimate of drug-likeness (QED) is 0.735. The van der Waals surface area contributed by atoms with Gasteiger partial charge in [0.25, 0.3) is 0 Å². The second kappa shape index (κ2) is 4.93. The Morgan fingerprint density at radius 1 is 0.947 bits per heavy atom. The molecule has 96 valence electrons. The first-order valence-electron chi connectivity index (χ1n) is 6.51. The number of ketones is 1. The zero-order valence-corrected chi connectivity index (χ0v) is 12.4. The second-order valence-electron chi connectivity index (χ2n) is 5.18. The van der Waals surface area contributed by atoms with Gasteiger partial charge in [0, 0.05) is 10.0 Å². The van der Waals surface area contributed by atoms with E-state index in [1.165, 1.54) is 17.5 Å². The van der Waals surface area contributed by atoms with Gasteiger partial charge >= 0.3 is 0 Å². The van der Waals surface area contributed by atoms with Crippen LogP contribution in [0.2, 0.25) is 0 Å². The Kier molecular flexibility index (Phi) is 3.28. The first-order valence-corrected chi connectivity index (χ1v) is 7.31. The maximum Gasteiger partial charge on any atom is 0.159 e. The molecule has 1 saturated carbocycles. The number of carbonyl (C=O) groups excluding carboxylic acids is 1. The molecule has 0 heterocycles. The molecule has 0 saturated heterocycles. The summed E-state index contributed by atoms with van der Waals surface area (Å²) in [6.07, 6.45) is 1.21. The lowest BCUT2D eigenvalue weighted by atomic mass is 10.0. The van der Waals surface area contributed by atoms with Gasteiger partial charge in [0.1, 0.15) is 0 Å². The predicted molar refractivity (Wildman–Crippen MR) is 80.7 cm³/mol. The van der Waals surface area contributed by atoms with Crippen LogP contribution < -0.4 is 0 Å². The molecule has 2 atom stereocenters. The molecule has 0 aliphatic heterocycles. The third kappa shape index (κ3) is 2.64. The molecule has 3 rings (SSSR count). The molecule has 2 aromatic carbocycles. The Hall–Kier alpha value is -1.41. The van der Waals surface area contributed by atoms with Crippen LogP contribution in [0.15, 0.2) is 53.0 Å². The molecule has 0 spiro atoms. The Morgan fingerprint density at radius 2 is 1.42 bits per heavy atom. The summed E-state index contributed by atoms with van der Waals surface area (Å²) in [4.78, 5) is 11.3. The molecule has 0 radical (unpaired) electrons. The van der Waals surface area contributed by atoms with Gasteiger partial charge in [0.2, 0.25) is 0 Å². The minimum atomic E-state index is 0.131. The maximum atomic E-state index is 11.3. The van der Waals surface area contributed by atoms with Gasteiger partial charge in [-0.2, -0.15) is 0 Å². The first kappa shape index (κ1) is 12.6. The normalized spacial score (nSPS) is 21.2. The third-order valence-electron chi connectivity index (χ3n) is 3.83. The molecule has 0 N–H and O–H groups in total. The van der Waals surface area contributed by atoms with Crippen molar-refractivity contribution in [2.75, 3.05) is 0 Å². The van der Waals surface area contributed by atoms with E-state index in [1.807, 2.05) is 12.1 Å². The molecule has 0 aromatic heterocycles.